The first-order valence-corrected chi connectivity index (χ1v) is 2.69. The van der Waals surface area contributed by atoms with Gasteiger partial charge in [-0.25, -0.2) is 4.98 Å². The molecular weight excluding hydrogens is 100 g/mol. The lowest BCUT2D eigenvalue weighted by Gasteiger charge is -1.85. The van der Waals surface area contributed by atoms with Crippen molar-refractivity contribution in [1.82, 2.24) is 9.97 Å². The first-order valence-electron chi connectivity index (χ1n) is 2.69. The van der Waals surface area contributed by atoms with E-state index in [1.54, 1.807) is 6.20 Å². The number of imidazole rings is 1. The van der Waals surface area contributed by atoms with Crippen molar-refractivity contribution >= 4 is 0 Å². The van der Waals surface area contributed by atoms with Crippen molar-refractivity contribution in [2.45, 2.75) is 13.3 Å². The molecule has 1 N–H and O–H groups in total. The van der Waals surface area contributed by atoms with Crippen LogP contribution in [-0.4, -0.2) is 9.97 Å². The number of nitrogens with zero attached hydrogens (tertiary/aromatic N) is 1. The molecule has 1 aromatic heterocycles. The Labute approximate surface area is 49.0 Å². The zero-order valence-electron chi connectivity index (χ0n) is 4.89. The molecule has 1 radical (unpaired) electrons. The van der Waals surface area contributed by atoms with Crippen molar-refractivity contribution < 1.29 is 0 Å². The molecule has 2 heteroatoms. The number of hydrogen-bond donors (Lipinski definition) is 1. The van der Waals surface area contributed by atoms with E-state index in [2.05, 4.69) is 16.4 Å². The van der Waals surface area contributed by atoms with Crippen LogP contribution in [0.25, 0.3) is 0 Å². The average molecular weight is 109 g/mol. The van der Waals surface area contributed by atoms with E-state index in [0.29, 0.717) is 0 Å². The lowest BCUT2D eigenvalue weighted by atomic mass is 10.3. The van der Waals surface area contributed by atoms with Gasteiger partial charge in [0.15, 0.2) is 0 Å². The van der Waals surface area contributed by atoms with Crippen molar-refractivity contribution in [3.8, 4) is 0 Å². The van der Waals surface area contributed by atoms with Crippen LogP contribution in [0.5, 0.6) is 0 Å². The highest BCUT2D eigenvalue weighted by Gasteiger charge is 1.87. The summed E-state index contributed by atoms with van der Waals surface area (Å²) in [6.07, 6.45) is 6.60. The molecule has 0 aromatic carbocycles. The SMILES string of the molecule is C[CH]Cc1ncc[nH]1. The molecule has 43 valence electrons. The zero-order chi connectivity index (χ0) is 5.82. The number of hydrogen-bond acceptors (Lipinski definition) is 1. The Bertz CT molecular complexity index is 132. The number of nitrogens with one attached hydrogen (secondary N) is 1. The summed E-state index contributed by atoms with van der Waals surface area (Å²) in [6.45, 7) is 2.02. The van der Waals surface area contributed by atoms with Crippen molar-refractivity contribution in [3.63, 3.8) is 0 Å². The average Bonchev–Trinajstić information content (AvgIpc) is 2.19. The number of aromatic amines is 1. The van der Waals surface area contributed by atoms with Crippen LogP contribution in [0.4, 0.5) is 0 Å². The predicted molar refractivity (Wildman–Crippen MR) is 32.3 cm³/mol. The summed E-state index contributed by atoms with van der Waals surface area (Å²) in [7, 11) is 0. The molecule has 0 atom stereocenters. The molecule has 0 fully saturated rings. The Morgan fingerprint density at radius 2 is 2.75 bits per heavy atom. The van der Waals surface area contributed by atoms with Crippen molar-refractivity contribution in [2.24, 2.45) is 0 Å². The highest BCUT2D eigenvalue weighted by molar-refractivity contribution is 4.90. The minimum absolute atomic E-state index is 0.938. The predicted octanol–water partition coefficient (Wildman–Crippen LogP) is 1.18. The van der Waals surface area contributed by atoms with Gasteiger partial charge in [0, 0.05) is 18.8 Å². The fourth-order valence-corrected chi connectivity index (χ4v) is 0.603. The molecule has 0 saturated heterocycles. The van der Waals surface area contributed by atoms with E-state index in [9.17, 15) is 0 Å². The van der Waals surface area contributed by atoms with Gasteiger partial charge in [-0.2, -0.15) is 0 Å². The molecule has 0 spiro atoms. The van der Waals surface area contributed by atoms with Crippen LogP contribution in [0, 0.1) is 6.42 Å². The van der Waals surface area contributed by atoms with Crippen LogP contribution in [0.3, 0.4) is 0 Å². The second kappa shape index (κ2) is 2.50. The van der Waals surface area contributed by atoms with E-state index in [1.807, 2.05) is 13.1 Å². The third-order valence-electron chi connectivity index (χ3n) is 0.952. The number of rotatable bonds is 2. The van der Waals surface area contributed by atoms with Gasteiger partial charge in [0.1, 0.15) is 5.82 Å². The summed E-state index contributed by atoms with van der Waals surface area (Å²) in [5.74, 6) is 1.03. The summed E-state index contributed by atoms with van der Waals surface area (Å²) in [6, 6.07) is 0. The molecule has 0 amide bonds. The molecule has 0 aliphatic carbocycles. The van der Waals surface area contributed by atoms with E-state index in [0.717, 1.165) is 12.2 Å². The maximum atomic E-state index is 4.02. The highest BCUT2D eigenvalue weighted by atomic mass is 14.9. The smallest absolute Gasteiger partial charge is 0.106 e. The molecule has 1 aromatic rings. The fourth-order valence-electron chi connectivity index (χ4n) is 0.603. The standard InChI is InChI=1S/C6H9N2/c1-2-3-6-7-4-5-8-6/h2,4-5H,3H2,1H3,(H,7,8). The number of aromatic nitrogens is 2. The zero-order valence-corrected chi connectivity index (χ0v) is 4.89. The Kier molecular flexibility index (Phi) is 1.67. The normalized spacial score (nSPS) is 9.62. The van der Waals surface area contributed by atoms with Gasteiger partial charge in [-0.15, -0.1) is 0 Å². The summed E-state index contributed by atoms with van der Waals surface area (Å²) in [5.41, 5.74) is 0. The molecule has 2 nitrogen and oxygen atoms in total. The summed E-state index contributed by atoms with van der Waals surface area (Å²) in [4.78, 5) is 7.01. The molecule has 1 heterocycles. The summed E-state index contributed by atoms with van der Waals surface area (Å²) in [5, 5.41) is 0. The van der Waals surface area contributed by atoms with E-state index >= 15 is 0 Å². The quantitative estimate of drug-likeness (QED) is 0.607. The van der Waals surface area contributed by atoms with Gasteiger partial charge in [0.25, 0.3) is 0 Å². The largest absolute Gasteiger partial charge is 0.349 e. The summed E-state index contributed by atoms with van der Waals surface area (Å²) < 4.78 is 0. The minimum atomic E-state index is 0.938. The maximum Gasteiger partial charge on any atom is 0.106 e. The van der Waals surface area contributed by atoms with Crippen molar-refractivity contribution in [1.29, 1.82) is 0 Å². The molecular formula is C6H9N2. The third kappa shape index (κ3) is 1.09. The molecule has 0 saturated carbocycles. The highest BCUT2D eigenvalue weighted by Crippen LogP contribution is 1.90. The van der Waals surface area contributed by atoms with E-state index < -0.39 is 0 Å². The van der Waals surface area contributed by atoms with Crippen LogP contribution in [0.15, 0.2) is 12.4 Å². The first-order chi connectivity index (χ1) is 3.93. The Morgan fingerprint density at radius 3 is 3.25 bits per heavy atom. The second-order valence-corrected chi connectivity index (χ2v) is 1.65. The van der Waals surface area contributed by atoms with Gasteiger partial charge in [-0.3, -0.25) is 0 Å². The van der Waals surface area contributed by atoms with E-state index in [4.69, 9.17) is 0 Å². The van der Waals surface area contributed by atoms with Gasteiger partial charge >= 0.3 is 0 Å². The molecule has 0 bridgehead atoms. The summed E-state index contributed by atoms with van der Waals surface area (Å²) >= 11 is 0. The Balaban J connectivity index is 2.50. The minimum Gasteiger partial charge on any atom is -0.349 e. The molecule has 8 heavy (non-hydrogen) atoms. The lowest BCUT2D eigenvalue weighted by Crippen LogP contribution is -1.84. The molecule has 0 unspecified atom stereocenters. The van der Waals surface area contributed by atoms with Gasteiger partial charge in [0.2, 0.25) is 0 Å². The molecule has 0 aliphatic heterocycles. The van der Waals surface area contributed by atoms with Gasteiger partial charge < -0.3 is 4.98 Å². The molecule has 0 aliphatic rings. The number of H-pyrrole nitrogens is 1. The van der Waals surface area contributed by atoms with Crippen LogP contribution >= 0.6 is 0 Å². The van der Waals surface area contributed by atoms with Gasteiger partial charge in [-0.1, -0.05) is 6.92 Å². The Morgan fingerprint density at radius 1 is 1.88 bits per heavy atom. The van der Waals surface area contributed by atoms with Gasteiger partial charge in [0.05, 0.1) is 0 Å². The van der Waals surface area contributed by atoms with Gasteiger partial charge in [-0.05, 0) is 6.42 Å². The van der Waals surface area contributed by atoms with E-state index in [1.165, 1.54) is 0 Å². The molecule has 1 rings (SSSR count). The van der Waals surface area contributed by atoms with Crippen LogP contribution in [0.2, 0.25) is 0 Å². The van der Waals surface area contributed by atoms with E-state index in [-0.39, 0.29) is 0 Å². The first kappa shape index (κ1) is 5.35. The second-order valence-electron chi connectivity index (χ2n) is 1.65. The maximum absolute atomic E-state index is 4.02. The van der Waals surface area contributed by atoms with Crippen molar-refractivity contribution in [2.75, 3.05) is 0 Å². The monoisotopic (exact) mass is 109 g/mol. The van der Waals surface area contributed by atoms with Crippen molar-refractivity contribution in [3.05, 3.63) is 24.6 Å². The lowest BCUT2D eigenvalue weighted by molar-refractivity contribution is 1.000. The third-order valence-corrected chi connectivity index (χ3v) is 0.952. The van der Waals surface area contributed by atoms with Crippen LogP contribution in [-0.2, 0) is 6.42 Å². The van der Waals surface area contributed by atoms with Crippen LogP contribution < -0.4 is 0 Å². The van der Waals surface area contributed by atoms with Crippen LogP contribution in [0.1, 0.15) is 12.7 Å². The fraction of sp³-hybridized carbons (Fsp3) is 0.333. The topological polar surface area (TPSA) is 28.7 Å². The Hall–Kier alpha value is -0.790.